The topological polar surface area (TPSA) is 56.3 Å². The molecule has 0 aromatic carbocycles. The Morgan fingerprint density at radius 2 is 2.09 bits per heavy atom. The second-order valence-corrected chi connectivity index (χ2v) is 6.38. The fourth-order valence-corrected chi connectivity index (χ4v) is 3.89. The summed E-state index contributed by atoms with van der Waals surface area (Å²) in [6, 6.07) is 4.63. The zero-order valence-electron chi connectivity index (χ0n) is 12.9. The van der Waals surface area contributed by atoms with Crippen LogP contribution in [0.15, 0.2) is 29.2 Å². The Balaban J connectivity index is 1.44. The third-order valence-corrected chi connectivity index (χ3v) is 4.90. The zero-order valence-corrected chi connectivity index (χ0v) is 12.9. The lowest BCUT2D eigenvalue weighted by Crippen LogP contribution is -2.50. The average Bonchev–Trinajstić information content (AvgIpc) is 3.23. The number of nitrogens with zero attached hydrogens (tertiary/aromatic N) is 4. The van der Waals surface area contributed by atoms with Gasteiger partial charge in [-0.05, 0) is 31.9 Å². The van der Waals surface area contributed by atoms with Crippen LogP contribution in [-0.2, 0) is 17.8 Å². The van der Waals surface area contributed by atoms with Gasteiger partial charge in [0.05, 0.1) is 19.3 Å². The Morgan fingerprint density at radius 1 is 1.23 bits per heavy atom. The molecular formula is C16H22N4O2. The number of furan rings is 1. The maximum absolute atomic E-state index is 6.11. The number of rotatable bonds is 4. The van der Waals surface area contributed by atoms with E-state index in [2.05, 4.69) is 25.7 Å². The summed E-state index contributed by atoms with van der Waals surface area (Å²) < 4.78 is 13.9. The van der Waals surface area contributed by atoms with Crippen LogP contribution in [0.25, 0.3) is 0 Å². The summed E-state index contributed by atoms with van der Waals surface area (Å²) in [6.07, 6.45) is 6.28. The molecule has 22 heavy (non-hydrogen) atoms. The highest BCUT2D eigenvalue weighted by Gasteiger charge is 2.42. The van der Waals surface area contributed by atoms with Crippen molar-refractivity contribution >= 4 is 0 Å². The predicted octanol–water partition coefficient (Wildman–Crippen LogP) is 1.86. The zero-order chi connectivity index (χ0) is 14.9. The maximum atomic E-state index is 6.11. The molecule has 2 fully saturated rings. The maximum Gasteiger partial charge on any atom is 0.119 e. The van der Waals surface area contributed by atoms with E-state index < -0.39 is 0 Å². The first-order valence-corrected chi connectivity index (χ1v) is 8.03. The summed E-state index contributed by atoms with van der Waals surface area (Å²) in [5.74, 6) is 2.58. The van der Waals surface area contributed by atoms with Gasteiger partial charge in [0.15, 0.2) is 0 Å². The van der Waals surface area contributed by atoms with Gasteiger partial charge in [-0.1, -0.05) is 0 Å². The lowest BCUT2D eigenvalue weighted by Gasteiger charge is -2.38. The van der Waals surface area contributed by atoms with Gasteiger partial charge in [-0.15, -0.1) is 10.2 Å². The van der Waals surface area contributed by atoms with Crippen molar-refractivity contribution in [3.8, 4) is 0 Å². The van der Waals surface area contributed by atoms with Crippen LogP contribution in [0.4, 0.5) is 0 Å². The van der Waals surface area contributed by atoms with Gasteiger partial charge >= 0.3 is 0 Å². The van der Waals surface area contributed by atoms with Crippen LogP contribution in [-0.4, -0.2) is 45.0 Å². The highest BCUT2D eigenvalue weighted by molar-refractivity contribution is 5.06. The van der Waals surface area contributed by atoms with Crippen LogP contribution >= 0.6 is 0 Å². The van der Waals surface area contributed by atoms with Crippen molar-refractivity contribution in [3.05, 3.63) is 36.3 Å². The Hall–Kier alpha value is -1.66. The first-order valence-electron chi connectivity index (χ1n) is 8.03. The van der Waals surface area contributed by atoms with E-state index in [1.54, 1.807) is 12.7 Å². The number of ether oxygens (including phenoxy) is 1. The summed E-state index contributed by atoms with van der Waals surface area (Å²) in [5, 5.41) is 7.78. The largest absolute Gasteiger partial charge is 0.465 e. The Labute approximate surface area is 130 Å². The molecule has 118 valence electrons. The normalized spacial score (nSPS) is 28.9. The highest BCUT2D eigenvalue weighted by atomic mass is 16.5. The molecule has 3 atom stereocenters. The van der Waals surface area contributed by atoms with Gasteiger partial charge in [-0.3, -0.25) is 4.90 Å². The van der Waals surface area contributed by atoms with Crippen molar-refractivity contribution in [1.82, 2.24) is 19.7 Å². The third kappa shape index (κ3) is 2.68. The number of morpholine rings is 1. The van der Waals surface area contributed by atoms with Crippen molar-refractivity contribution in [3.63, 3.8) is 0 Å². The highest BCUT2D eigenvalue weighted by Crippen LogP contribution is 2.36. The molecule has 2 aromatic rings. The number of aryl methyl sites for hydroxylation is 1. The van der Waals surface area contributed by atoms with Gasteiger partial charge in [-0.2, -0.15) is 0 Å². The van der Waals surface area contributed by atoms with E-state index >= 15 is 0 Å². The molecule has 2 aliphatic rings. The molecule has 3 heterocycles. The Kier molecular flexibility index (Phi) is 3.72. The molecule has 1 aliphatic heterocycles. The van der Waals surface area contributed by atoms with Gasteiger partial charge in [0.1, 0.15) is 24.2 Å². The Morgan fingerprint density at radius 3 is 2.86 bits per heavy atom. The number of hydrogen-bond acceptors (Lipinski definition) is 5. The summed E-state index contributed by atoms with van der Waals surface area (Å²) in [4.78, 5) is 2.53. The van der Waals surface area contributed by atoms with E-state index in [0.717, 1.165) is 37.8 Å². The molecule has 0 unspecified atom stereocenters. The van der Waals surface area contributed by atoms with Gasteiger partial charge in [0.25, 0.3) is 0 Å². The first kappa shape index (κ1) is 14.0. The van der Waals surface area contributed by atoms with Gasteiger partial charge in [0, 0.05) is 25.0 Å². The third-order valence-electron chi connectivity index (χ3n) is 4.90. The van der Waals surface area contributed by atoms with Gasteiger partial charge < -0.3 is 13.7 Å². The first-order chi connectivity index (χ1) is 10.8. The lowest BCUT2D eigenvalue weighted by atomic mass is 10.0. The number of aromatic nitrogens is 3. The fourth-order valence-electron chi connectivity index (χ4n) is 3.89. The minimum absolute atomic E-state index is 0.312. The van der Waals surface area contributed by atoms with Gasteiger partial charge in [0.2, 0.25) is 0 Å². The van der Waals surface area contributed by atoms with E-state index in [1.165, 1.54) is 12.8 Å². The average molecular weight is 302 g/mol. The molecule has 1 saturated heterocycles. The lowest BCUT2D eigenvalue weighted by molar-refractivity contribution is -0.0801. The van der Waals surface area contributed by atoms with Crippen molar-refractivity contribution in [1.29, 1.82) is 0 Å². The molecule has 1 aliphatic carbocycles. The molecule has 2 aromatic heterocycles. The van der Waals surface area contributed by atoms with Crippen LogP contribution in [0.1, 0.15) is 24.4 Å². The second kappa shape index (κ2) is 5.85. The van der Waals surface area contributed by atoms with Crippen LogP contribution in [0.5, 0.6) is 0 Å². The molecule has 6 nitrogen and oxygen atoms in total. The fraction of sp³-hybridized carbons (Fsp3) is 0.625. The van der Waals surface area contributed by atoms with Crippen LogP contribution in [0.3, 0.4) is 0 Å². The van der Waals surface area contributed by atoms with E-state index in [-0.39, 0.29) is 0 Å². The molecule has 0 radical (unpaired) electrons. The monoisotopic (exact) mass is 302 g/mol. The minimum atomic E-state index is 0.312. The van der Waals surface area contributed by atoms with Crippen LogP contribution in [0, 0.1) is 12.8 Å². The minimum Gasteiger partial charge on any atom is -0.465 e. The van der Waals surface area contributed by atoms with E-state index in [9.17, 15) is 0 Å². The molecule has 0 spiro atoms. The second-order valence-electron chi connectivity index (χ2n) is 6.38. The molecule has 0 amide bonds. The van der Waals surface area contributed by atoms with Crippen molar-refractivity contribution in [2.45, 2.75) is 45.0 Å². The van der Waals surface area contributed by atoms with Crippen LogP contribution in [0.2, 0.25) is 0 Å². The van der Waals surface area contributed by atoms with E-state index in [4.69, 9.17) is 9.15 Å². The van der Waals surface area contributed by atoms with E-state index in [1.807, 2.05) is 13.0 Å². The summed E-state index contributed by atoms with van der Waals surface area (Å²) >= 11 is 0. The SMILES string of the molecule is Cc1ccc(CN2CCO[C@@H]3[C@@H](Cn4cnnc4)CC[C@H]32)o1. The molecule has 0 bridgehead atoms. The molecule has 0 N–H and O–H groups in total. The summed E-state index contributed by atoms with van der Waals surface area (Å²) in [7, 11) is 0. The quantitative estimate of drug-likeness (QED) is 0.863. The van der Waals surface area contributed by atoms with E-state index in [0.29, 0.717) is 18.1 Å². The van der Waals surface area contributed by atoms with Crippen molar-refractivity contribution < 1.29 is 9.15 Å². The predicted molar refractivity (Wildman–Crippen MR) is 80.1 cm³/mol. The molecular weight excluding hydrogens is 280 g/mol. The number of fused-ring (bicyclic) bond motifs is 1. The van der Waals surface area contributed by atoms with Crippen LogP contribution < -0.4 is 0 Å². The van der Waals surface area contributed by atoms with Crippen molar-refractivity contribution in [2.24, 2.45) is 5.92 Å². The Bertz CT molecular complexity index is 609. The van der Waals surface area contributed by atoms with Crippen molar-refractivity contribution in [2.75, 3.05) is 13.2 Å². The summed E-state index contributed by atoms with van der Waals surface area (Å²) in [6.45, 7) is 5.62. The number of hydrogen-bond donors (Lipinski definition) is 0. The summed E-state index contributed by atoms with van der Waals surface area (Å²) in [5.41, 5.74) is 0. The smallest absolute Gasteiger partial charge is 0.119 e. The standard InChI is InChI=1S/C16H22N4O2/c1-12-2-4-14(22-12)9-20-6-7-21-16-13(3-5-15(16)20)8-19-10-17-18-11-19/h2,4,10-11,13,15-16H,3,5-9H2,1H3/t13-,15-,16-/m1/s1. The molecule has 1 saturated carbocycles. The molecule has 6 heteroatoms. The molecule has 4 rings (SSSR count). The van der Waals surface area contributed by atoms with Gasteiger partial charge in [-0.25, -0.2) is 0 Å².